The fourth-order valence-corrected chi connectivity index (χ4v) is 2.11. The first-order valence-electron chi connectivity index (χ1n) is 5.99. The Morgan fingerprint density at radius 1 is 1.35 bits per heavy atom. The summed E-state index contributed by atoms with van der Waals surface area (Å²) >= 11 is 0. The van der Waals surface area contributed by atoms with E-state index in [-0.39, 0.29) is 30.6 Å². The van der Waals surface area contributed by atoms with E-state index in [1.807, 2.05) is 0 Å². The summed E-state index contributed by atoms with van der Waals surface area (Å²) in [6.07, 6.45) is 0. The first-order valence-corrected chi connectivity index (χ1v) is 5.99. The van der Waals surface area contributed by atoms with Crippen LogP contribution < -0.4 is 10.6 Å². The number of nitrogens with one attached hydrogen (secondary N) is 2. The molecule has 2 N–H and O–H groups in total. The lowest BCUT2D eigenvalue weighted by Crippen LogP contribution is -2.50. The second kappa shape index (κ2) is 5.66. The van der Waals surface area contributed by atoms with Gasteiger partial charge in [-0.25, -0.2) is 0 Å². The summed E-state index contributed by atoms with van der Waals surface area (Å²) in [5, 5.41) is 15.8. The van der Waals surface area contributed by atoms with E-state index in [0.29, 0.717) is 12.2 Å². The molecule has 0 aromatic heterocycles. The van der Waals surface area contributed by atoms with Crippen molar-refractivity contribution in [3.05, 3.63) is 33.9 Å². The van der Waals surface area contributed by atoms with E-state index >= 15 is 0 Å². The lowest BCUT2D eigenvalue weighted by atomic mass is 10.1. The average molecular weight is 278 g/mol. The SMILES string of the molecule is CNc1cc(CN2CC(=O)NC(=O)C2)ccc1[N+](=O)[O-]. The highest BCUT2D eigenvalue weighted by Gasteiger charge is 2.23. The highest BCUT2D eigenvalue weighted by Crippen LogP contribution is 2.25. The van der Waals surface area contributed by atoms with Gasteiger partial charge in [-0.1, -0.05) is 6.07 Å². The Kier molecular flexibility index (Phi) is 3.94. The Balaban J connectivity index is 2.15. The number of anilines is 1. The number of amides is 2. The molecule has 1 saturated heterocycles. The van der Waals surface area contributed by atoms with Crippen LogP contribution in [0.25, 0.3) is 0 Å². The van der Waals surface area contributed by atoms with E-state index < -0.39 is 4.92 Å². The molecule has 1 aliphatic rings. The van der Waals surface area contributed by atoms with Gasteiger partial charge in [-0.3, -0.25) is 29.9 Å². The Morgan fingerprint density at radius 3 is 2.55 bits per heavy atom. The molecule has 1 aromatic carbocycles. The number of carbonyl (C=O) groups excluding carboxylic acids is 2. The molecule has 8 heteroatoms. The second-order valence-corrected chi connectivity index (χ2v) is 4.48. The fourth-order valence-electron chi connectivity index (χ4n) is 2.11. The lowest BCUT2D eigenvalue weighted by Gasteiger charge is -2.25. The molecular formula is C12H14N4O4. The zero-order valence-corrected chi connectivity index (χ0v) is 10.9. The van der Waals surface area contributed by atoms with E-state index in [9.17, 15) is 19.7 Å². The molecule has 1 heterocycles. The van der Waals surface area contributed by atoms with Crippen LogP contribution in [0, 0.1) is 10.1 Å². The number of benzene rings is 1. The Morgan fingerprint density at radius 2 is 2.00 bits per heavy atom. The summed E-state index contributed by atoms with van der Waals surface area (Å²) in [6.45, 7) is 0.654. The number of hydrogen-bond donors (Lipinski definition) is 2. The van der Waals surface area contributed by atoms with Crippen molar-refractivity contribution in [2.24, 2.45) is 0 Å². The number of imide groups is 1. The van der Waals surface area contributed by atoms with Gasteiger partial charge in [0.25, 0.3) is 5.69 Å². The Bertz CT molecular complexity index is 557. The smallest absolute Gasteiger partial charge is 0.292 e. The number of carbonyl (C=O) groups is 2. The summed E-state index contributed by atoms with van der Waals surface area (Å²) in [5.74, 6) is -0.672. The first kappa shape index (κ1) is 13.9. The van der Waals surface area contributed by atoms with Gasteiger partial charge in [0.2, 0.25) is 11.8 Å². The molecule has 1 aromatic rings. The van der Waals surface area contributed by atoms with Gasteiger partial charge in [-0.05, 0) is 11.6 Å². The van der Waals surface area contributed by atoms with Crippen LogP contribution >= 0.6 is 0 Å². The molecular weight excluding hydrogens is 264 g/mol. The van der Waals surface area contributed by atoms with Crippen LogP contribution in [0.3, 0.4) is 0 Å². The molecule has 0 bridgehead atoms. The molecule has 0 saturated carbocycles. The maximum Gasteiger partial charge on any atom is 0.292 e. The van der Waals surface area contributed by atoms with Gasteiger partial charge in [0.05, 0.1) is 18.0 Å². The normalized spacial score (nSPS) is 15.8. The van der Waals surface area contributed by atoms with Gasteiger partial charge >= 0.3 is 0 Å². The van der Waals surface area contributed by atoms with Crippen LogP contribution in [-0.2, 0) is 16.1 Å². The van der Waals surface area contributed by atoms with Gasteiger partial charge in [0.1, 0.15) is 5.69 Å². The third kappa shape index (κ3) is 3.09. The molecule has 0 aliphatic carbocycles. The van der Waals surface area contributed by atoms with Crippen LogP contribution in [0.1, 0.15) is 5.56 Å². The number of rotatable bonds is 4. The van der Waals surface area contributed by atoms with Crippen molar-refractivity contribution in [3.8, 4) is 0 Å². The van der Waals surface area contributed by atoms with Gasteiger partial charge in [-0.2, -0.15) is 0 Å². The zero-order chi connectivity index (χ0) is 14.7. The Hall–Kier alpha value is -2.48. The number of nitro groups is 1. The fraction of sp³-hybridized carbons (Fsp3) is 0.333. The molecule has 20 heavy (non-hydrogen) atoms. The summed E-state index contributed by atoms with van der Waals surface area (Å²) in [6, 6.07) is 4.68. The largest absolute Gasteiger partial charge is 0.383 e. The number of hydrogen-bond acceptors (Lipinski definition) is 6. The molecule has 1 aliphatic heterocycles. The van der Waals surface area contributed by atoms with Crippen LogP contribution in [-0.4, -0.2) is 41.8 Å². The molecule has 1 fully saturated rings. The molecule has 106 valence electrons. The lowest BCUT2D eigenvalue weighted by molar-refractivity contribution is -0.384. The molecule has 0 radical (unpaired) electrons. The predicted molar refractivity (Wildman–Crippen MR) is 71.1 cm³/mol. The minimum Gasteiger partial charge on any atom is -0.383 e. The maximum atomic E-state index is 11.3. The molecule has 2 amide bonds. The minimum absolute atomic E-state index is 0.0105. The van der Waals surface area contributed by atoms with Crippen LogP contribution in [0.5, 0.6) is 0 Å². The highest BCUT2D eigenvalue weighted by molar-refractivity contribution is 5.99. The van der Waals surface area contributed by atoms with Crippen LogP contribution in [0.15, 0.2) is 18.2 Å². The zero-order valence-electron chi connectivity index (χ0n) is 10.9. The van der Waals surface area contributed by atoms with Crippen molar-refractivity contribution in [2.45, 2.75) is 6.54 Å². The first-order chi connectivity index (χ1) is 9.49. The van der Waals surface area contributed by atoms with E-state index in [1.54, 1.807) is 24.1 Å². The quantitative estimate of drug-likeness (QED) is 0.459. The van der Waals surface area contributed by atoms with Gasteiger partial charge < -0.3 is 5.32 Å². The van der Waals surface area contributed by atoms with Crippen molar-refractivity contribution in [1.29, 1.82) is 0 Å². The van der Waals surface area contributed by atoms with Crippen molar-refractivity contribution in [2.75, 3.05) is 25.5 Å². The van der Waals surface area contributed by atoms with Crippen LogP contribution in [0.4, 0.5) is 11.4 Å². The van der Waals surface area contributed by atoms with Crippen molar-refractivity contribution in [3.63, 3.8) is 0 Å². The second-order valence-electron chi connectivity index (χ2n) is 4.48. The molecule has 0 atom stereocenters. The highest BCUT2D eigenvalue weighted by atomic mass is 16.6. The summed E-state index contributed by atoms with van der Waals surface area (Å²) in [7, 11) is 1.60. The number of nitro benzene ring substituents is 1. The van der Waals surface area contributed by atoms with Gasteiger partial charge in [0, 0.05) is 19.7 Å². The van der Waals surface area contributed by atoms with Crippen molar-refractivity contribution >= 4 is 23.2 Å². The van der Waals surface area contributed by atoms with Gasteiger partial charge in [0.15, 0.2) is 0 Å². The van der Waals surface area contributed by atoms with E-state index in [0.717, 1.165) is 5.56 Å². The monoisotopic (exact) mass is 278 g/mol. The summed E-state index contributed by atoms with van der Waals surface area (Å²) < 4.78 is 0. The minimum atomic E-state index is -0.465. The standard InChI is InChI=1S/C12H14N4O4/c1-13-9-4-8(2-3-10(9)16(19)20)5-15-6-11(17)14-12(18)7-15/h2-4,13H,5-7H2,1H3,(H,14,17,18). The summed E-state index contributed by atoms with van der Waals surface area (Å²) in [4.78, 5) is 34.6. The van der Waals surface area contributed by atoms with Crippen molar-refractivity contribution in [1.82, 2.24) is 10.2 Å². The third-order valence-corrected chi connectivity index (χ3v) is 2.95. The van der Waals surface area contributed by atoms with Crippen molar-refractivity contribution < 1.29 is 14.5 Å². The predicted octanol–water partition coefficient (Wildman–Crippen LogP) is 0.0949. The van der Waals surface area contributed by atoms with Crippen LogP contribution in [0.2, 0.25) is 0 Å². The van der Waals surface area contributed by atoms with E-state index in [4.69, 9.17) is 0 Å². The van der Waals surface area contributed by atoms with Gasteiger partial charge in [-0.15, -0.1) is 0 Å². The van der Waals surface area contributed by atoms with E-state index in [2.05, 4.69) is 10.6 Å². The Labute approximate surface area is 114 Å². The van der Waals surface area contributed by atoms with E-state index in [1.165, 1.54) is 6.07 Å². The molecule has 2 rings (SSSR count). The molecule has 0 spiro atoms. The maximum absolute atomic E-state index is 11.3. The average Bonchev–Trinajstić information content (AvgIpc) is 2.37. The number of nitrogens with zero attached hydrogens (tertiary/aromatic N) is 2. The number of piperazine rings is 1. The molecule has 0 unspecified atom stereocenters. The molecule has 8 nitrogen and oxygen atoms in total. The summed E-state index contributed by atoms with van der Waals surface area (Å²) in [5.41, 5.74) is 1.19. The third-order valence-electron chi connectivity index (χ3n) is 2.95. The topological polar surface area (TPSA) is 105 Å².